The molecule has 0 aliphatic carbocycles. The van der Waals surface area contributed by atoms with E-state index in [0.717, 1.165) is 21.9 Å². The molecule has 0 unspecified atom stereocenters. The molecule has 0 saturated carbocycles. The van der Waals surface area contributed by atoms with Crippen LogP contribution in [0.1, 0.15) is 43.0 Å². The number of nitrogens with zero attached hydrogens (tertiary/aromatic N) is 1. The van der Waals surface area contributed by atoms with Crippen LogP contribution in [0, 0.1) is 0 Å². The fraction of sp³-hybridized carbons (Fsp3) is 0.368. The van der Waals surface area contributed by atoms with Gasteiger partial charge < -0.3 is 4.74 Å². The highest BCUT2D eigenvalue weighted by Gasteiger charge is 2.17. The topological polar surface area (TPSA) is 50.7 Å². The van der Waals surface area contributed by atoms with Gasteiger partial charge in [0.05, 0.1) is 4.88 Å². The van der Waals surface area contributed by atoms with E-state index in [0.29, 0.717) is 10.7 Å². The molecule has 0 spiro atoms. The predicted octanol–water partition coefficient (Wildman–Crippen LogP) is 5.93. The first-order valence-electron chi connectivity index (χ1n) is 8.28. The average molecular weight is 411 g/mol. The molecule has 0 radical (unpaired) electrons. The maximum absolute atomic E-state index is 12.0. The van der Waals surface area contributed by atoms with E-state index < -0.39 is 11.7 Å². The summed E-state index contributed by atoms with van der Waals surface area (Å²) < 4.78 is 5.26. The molecule has 0 fully saturated rings. The molecule has 0 bridgehead atoms. The molecular weight excluding hydrogens is 388 g/mol. The number of carbonyl (C=O) groups is 1. The summed E-state index contributed by atoms with van der Waals surface area (Å²) in [5, 5.41) is 4.98. The lowest BCUT2D eigenvalue weighted by Gasteiger charge is -2.18. The van der Waals surface area contributed by atoms with E-state index >= 15 is 0 Å². The molecule has 1 aromatic heterocycles. The van der Waals surface area contributed by atoms with E-state index in [4.69, 9.17) is 16.3 Å². The van der Waals surface area contributed by atoms with Gasteiger partial charge in [-0.3, -0.25) is 0 Å². The number of hydrazone groups is 1. The van der Waals surface area contributed by atoms with Gasteiger partial charge in [-0.2, -0.15) is 16.9 Å². The highest BCUT2D eigenvalue weighted by Crippen LogP contribution is 2.25. The second-order valence-corrected chi connectivity index (χ2v) is 9.36. The molecule has 0 aliphatic rings. The van der Waals surface area contributed by atoms with Crippen molar-refractivity contribution in [2.24, 2.45) is 5.10 Å². The summed E-state index contributed by atoms with van der Waals surface area (Å²) in [6.07, 6.45) is -0.581. The monoisotopic (exact) mass is 410 g/mol. The lowest BCUT2D eigenvalue weighted by molar-refractivity contribution is 0.0529. The normalized spacial score (nSPS) is 12.1. The van der Waals surface area contributed by atoms with Crippen molar-refractivity contribution in [2.45, 2.75) is 39.0 Å². The van der Waals surface area contributed by atoms with Gasteiger partial charge in [-0.15, -0.1) is 11.3 Å². The molecule has 7 heteroatoms. The lowest BCUT2D eigenvalue weighted by Crippen LogP contribution is -2.30. The fourth-order valence-electron chi connectivity index (χ4n) is 2.06. The number of rotatable bonds is 6. The first kappa shape index (κ1) is 20.8. The summed E-state index contributed by atoms with van der Waals surface area (Å²) in [7, 11) is 0. The molecule has 140 valence electrons. The van der Waals surface area contributed by atoms with Crippen LogP contribution in [0.15, 0.2) is 41.5 Å². The van der Waals surface area contributed by atoms with Crippen molar-refractivity contribution in [3.8, 4) is 0 Å². The summed E-state index contributed by atoms with van der Waals surface area (Å²) >= 11 is 9.53. The Morgan fingerprint density at radius 1 is 1.23 bits per heavy atom. The van der Waals surface area contributed by atoms with Crippen LogP contribution in [-0.4, -0.2) is 23.2 Å². The number of ether oxygens (including phenoxy) is 1. The standard InChI is InChI=1S/C19H23ClN2O2S2/c1-5-25-12-15-10-11-16(26-15)17(13-6-8-14(20)9-7-13)21-22-18(23)24-19(2,3)4/h6-11H,5,12H2,1-4H3,(H,22,23). The zero-order valence-electron chi connectivity index (χ0n) is 15.3. The van der Waals surface area contributed by atoms with E-state index in [1.165, 1.54) is 4.88 Å². The van der Waals surface area contributed by atoms with E-state index in [2.05, 4.69) is 23.5 Å². The molecule has 2 aromatic rings. The number of hydrogen-bond acceptors (Lipinski definition) is 5. The smallest absolute Gasteiger partial charge is 0.428 e. The Labute approximate surface area is 168 Å². The number of carbonyl (C=O) groups excluding carboxylic acids is 1. The SMILES string of the molecule is CCSCc1ccc(C(=NNC(=O)OC(C)(C)C)c2ccc(Cl)cc2)s1. The average Bonchev–Trinajstić information content (AvgIpc) is 3.02. The predicted molar refractivity (Wildman–Crippen MR) is 113 cm³/mol. The number of hydrogen-bond donors (Lipinski definition) is 1. The van der Waals surface area contributed by atoms with Gasteiger partial charge in [-0.25, -0.2) is 10.2 Å². The summed E-state index contributed by atoms with van der Waals surface area (Å²) in [6.45, 7) is 7.58. The van der Waals surface area contributed by atoms with E-state index in [1.807, 2.05) is 50.7 Å². The van der Waals surface area contributed by atoms with Crippen LogP contribution in [-0.2, 0) is 10.5 Å². The van der Waals surface area contributed by atoms with Crippen LogP contribution >= 0.6 is 34.7 Å². The van der Waals surface area contributed by atoms with Crippen molar-refractivity contribution >= 4 is 46.5 Å². The van der Waals surface area contributed by atoms with Gasteiger partial charge in [0.15, 0.2) is 0 Å². The van der Waals surface area contributed by atoms with Gasteiger partial charge in [0.1, 0.15) is 11.3 Å². The van der Waals surface area contributed by atoms with Crippen molar-refractivity contribution in [3.05, 3.63) is 56.7 Å². The minimum absolute atomic E-state index is 0.576. The number of thioether (sulfide) groups is 1. The van der Waals surface area contributed by atoms with E-state index in [9.17, 15) is 4.79 Å². The molecule has 4 nitrogen and oxygen atoms in total. The van der Waals surface area contributed by atoms with Gasteiger partial charge in [0.25, 0.3) is 0 Å². The van der Waals surface area contributed by atoms with Crippen molar-refractivity contribution in [1.82, 2.24) is 5.43 Å². The van der Waals surface area contributed by atoms with Crippen molar-refractivity contribution in [1.29, 1.82) is 0 Å². The highest BCUT2D eigenvalue weighted by atomic mass is 35.5. The quantitative estimate of drug-likeness (QED) is 0.474. The fourth-order valence-corrected chi connectivity index (χ4v) is 3.99. The number of halogens is 1. The molecular formula is C19H23ClN2O2S2. The van der Waals surface area contributed by atoms with E-state index in [-0.39, 0.29) is 0 Å². The Morgan fingerprint density at radius 2 is 1.92 bits per heavy atom. The Balaban J connectivity index is 2.27. The van der Waals surface area contributed by atoms with Crippen molar-refractivity contribution < 1.29 is 9.53 Å². The van der Waals surface area contributed by atoms with Gasteiger partial charge in [0, 0.05) is 21.2 Å². The molecule has 2 rings (SSSR count). The second-order valence-electron chi connectivity index (χ2n) is 6.48. The molecule has 1 N–H and O–H groups in total. The zero-order chi connectivity index (χ0) is 19.2. The number of thiophene rings is 1. The minimum Gasteiger partial charge on any atom is -0.443 e. The first-order valence-corrected chi connectivity index (χ1v) is 10.6. The van der Waals surface area contributed by atoms with E-state index in [1.54, 1.807) is 23.5 Å². The maximum Gasteiger partial charge on any atom is 0.428 e. The van der Waals surface area contributed by atoms with Crippen LogP contribution in [0.4, 0.5) is 4.79 Å². The van der Waals surface area contributed by atoms with Crippen molar-refractivity contribution in [2.75, 3.05) is 5.75 Å². The zero-order valence-corrected chi connectivity index (χ0v) is 17.7. The summed E-state index contributed by atoms with van der Waals surface area (Å²) in [5.41, 5.74) is 3.49. The molecule has 0 saturated heterocycles. The van der Waals surface area contributed by atoms with Gasteiger partial charge in [0.2, 0.25) is 0 Å². The summed E-state index contributed by atoms with van der Waals surface area (Å²) in [5.74, 6) is 2.04. The van der Waals surface area contributed by atoms with Gasteiger partial charge >= 0.3 is 6.09 Å². The lowest BCUT2D eigenvalue weighted by atomic mass is 10.1. The number of amides is 1. The minimum atomic E-state index is -0.581. The molecule has 0 atom stereocenters. The Kier molecular flexibility index (Phi) is 7.55. The number of benzene rings is 1. The van der Waals surface area contributed by atoms with Crippen molar-refractivity contribution in [3.63, 3.8) is 0 Å². The van der Waals surface area contributed by atoms with Gasteiger partial charge in [-0.05, 0) is 50.8 Å². The third kappa shape index (κ3) is 6.67. The van der Waals surface area contributed by atoms with Gasteiger partial charge in [-0.1, -0.05) is 30.7 Å². The van der Waals surface area contributed by atoms with Crippen LogP contribution in [0.2, 0.25) is 5.02 Å². The third-order valence-electron chi connectivity index (χ3n) is 3.12. The maximum atomic E-state index is 12.0. The second kappa shape index (κ2) is 9.44. The van der Waals surface area contributed by atoms with Crippen LogP contribution in [0.5, 0.6) is 0 Å². The highest BCUT2D eigenvalue weighted by molar-refractivity contribution is 7.98. The number of nitrogens with one attached hydrogen (secondary N) is 1. The molecule has 0 aliphatic heterocycles. The molecule has 1 amide bonds. The third-order valence-corrected chi connectivity index (χ3v) is 5.57. The largest absolute Gasteiger partial charge is 0.443 e. The van der Waals surface area contributed by atoms with Crippen LogP contribution < -0.4 is 5.43 Å². The first-order chi connectivity index (χ1) is 12.3. The molecule has 26 heavy (non-hydrogen) atoms. The summed E-state index contributed by atoms with van der Waals surface area (Å²) in [6, 6.07) is 11.5. The van der Waals surface area contributed by atoms with Crippen LogP contribution in [0.3, 0.4) is 0 Å². The molecule has 1 heterocycles. The Hall–Kier alpha value is -1.50. The Bertz CT molecular complexity index is 765. The Morgan fingerprint density at radius 3 is 2.54 bits per heavy atom. The molecule has 1 aromatic carbocycles. The summed E-state index contributed by atoms with van der Waals surface area (Å²) in [4.78, 5) is 14.2. The van der Waals surface area contributed by atoms with Crippen LogP contribution in [0.25, 0.3) is 0 Å².